The molecule has 4 rings (SSSR count). The highest BCUT2D eigenvalue weighted by molar-refractivity contribution is 7.80. The van der Waals surface area contributed by atoms with Gasteiger partial charge in [-0.2, -0.15) is 0 Å². The van der Waals surface area contributed by atoms with Crippen LogP contribution >= 0.6 is 0 Å². The number of nitrogens with two attached hydrogens (primary N) is 1. The SMILES string of the molecule is C=CCN(CCS(=O)OC)c1ccc(Oc2cc(O)c3c(c2N)C(=O)c2ccccc2C3=O)cc1. The molecule has 1 aliphatic rings. The van der Waals surface area contributed by atoms with Crippen molar-refractivity contribution >= 4 is 34.0 Å². The van der Waals surface area contributed by atoms with Crippen LogP contribution in [0.2, 0.25) is 0 Å². The lowest BCUT2D eigenvalue weighted by Gasteiger charge is -2.23. The van der Waals surface area contributed by atoms with Crippen molar-refractivity contribution in [1.82, 2.24) is 0 Å². The van der Waals surface area contributed by atoms with Crippen molar-refractivity contribution in [2.75, 3.05) is 36.6 Å². The molecule has 0 amide bonds. The van der Waals surface area contributed by atoms with E-state index in [0.717, 1.165) is 5.69 Å². The summed E-state index contributed by atoms with van der Waals surface area (Å²) in [7, 11) is 1.40. The maximum atomic E-state index is 13.1. The molecular formula is C26H24N2O6S. The smallest absolute Gasteiger partial charge is 0.198 e. The second kappa shape index (κ2) is 10.1. The Kier molecular flexibility index (Phi) is 6.99. The highest BCUT2D eigenvalue weighted by Gasteiger charge is 2.35. The topological polar surface area (TPSA) is 119 Å². The predicted octanol–water partition coefficient (Wildman–Crippen LogP) is 3.84. The molecule has 35 heavy (non-hydrogen) atoms. The molecule has 0 saturated carbocycles. The third-order valence-electron chi connectivity index (χ3n) is 5.67. The van der Waals surface area contributed by atoms with E-state index < -0.39 is 22.6 Å². The molecule has 180 valence electrons. The summed E-state index contributed by atoms with van der Waals surface area (Å²) in [5.74, 6) is -0.480. The molecule has 8 nitrogen and oxygen atoms in total. The van der Waals surface area contributed by atoms with E-state index in [4.69, 9.17) is 14.7 Å². The number of fused-ring (bicyclic) bond motifs is 2. The normalized spacial score (nSPS) is 13.1. The molecule has 0 aromatic heterocycles. The minimum absolute atomic E-state index is 0.0231. The van der Waals surface area contributed by atoms with E-state index in [1.807, 2.05) is 17.0 Å². The highest BCUT2D eigenvalue weighted by Crippen LogP contribution is 2.42. The Bertz CT molecular complexity index is 1340. The van der Waals surface area contributed by atoms with Crippen LogP contribution < -0.4 is 15.4 Å². The average molecular weight is 493 g/mol. The molecule has 1 atom stereocenters. The summed E-state index contributed by atoms with van der Waals surface area (Å²) in [6, 6.07) is 14.7. The first-order valence-electron chi connectivity index (χ1n) is 10.8. The van der Waals surface area contributed by atoms with E-state index in [1.165, 1.54) is 13.2 Å². The molecule has 0 fully saturated rings. The van der Waals surface area contributed by atoms with Crippen molar-refractivity contribution in [2.45, 2.75) is 0 Å². The first kappa shape index (κ1) is 24.2. The summed E-state index contributed by atoms with van der Waals surface area (Å²) < 4.78 is 22.3. The van der Waals surface area contributed by atoms with Crippen molar-refractivity contribution < 1.29 is 27.8 Å². The van der Waals surface area contributed by atoms with E-state index in [2.05, 4.69) is 6.58 Å². The number of nitrogens with zero attached hydrogens (tertiary/aromatic N) is 1. The molecule has 0 spiro atoms. The van der Waals surface area contributed by atoms with Crippen molar-refractivity contribution in [3.8, 4) is 17.2 Å². The number of hydrogen-bond acceptors (Lipinski definition) is 8. The number of ketones is 2. The minimum Gasteiger partial charge on any atom is -0.507 e. The number of nitrogen functional groups attached to an aromatic ring is 1. The molecule has 3 N–H and O–H groups in total. The van der Waals surface area contributed by atoms with Gasteiger partial charge in [-0.15, -0.1) is 6.58 Å². The van der Waals surface area contributed by atoms with Crippen LogP contribution in [0.5, 0.6) is 17.2 Å². The standard InChI is InChI=1S/C26H24N2O6S/c1-3-12-28(13-14-35(32)33-2)16-8-10-17(11-9-16)34-21-15-20(29)22-23(24(21)27)26(31)19-7-5-4-6-18(19)25(22)30/h3-11,15,29H,1,12-14,27H2,2H3. The lowest BCUT2D eigenvalue weighted by molar-refractivity contribution is 0.0977. The zero-order chi connectivity index (χ0) is 25.1. The second-order valence-corrected chi connectivity index (χ2v) is 9.12. The molecular weight excluding hydrogens is 468 g/mol. The van der Waals surface area contributed by atoms with Crippen molar-refractivity contribution in [3.05, 3.63) is 89.5 Å². The van der Waals surface area contributed by atoms with E-state index in [0.29, 0.717) is 24.6 Å². The number of ether oxygens (including phenoxy) is 1. The zero-order valence-electron chi connectivity index (χ0n) is 19.0. The number of benzene rings is 3. The Balaban J connectivity index is 1.61. The monoisotopic (exact) mass is 492 g/mol. The summed E-state index contributed by atoms with van der Waals surface area (Å²) in [5, 5.41) is 10.6. The largest absolute Gasteiger partial charge is 0.507 e. The zero-order valence-corrected chi connectivity index (χ0v) is 19.8. The Morgan fingerprint density at radius 3 is 2.29 bits per heavy atom. The van der Waals surface area contributed by atoms with E-state index in [1.54, 1.807) is 42.5 Å². The summed E-state index contributed by atoms with van der Waals surface area (Å²) in [6.45, 7) is 4.80. The lowest BCUT2D eigenvalue weighted by Crippen LogP contribution is -2.28. The molecule has 0 aliphatic heterocycles. The van der Waals surface area contributed by atoms with Crippen LogP contribution in [0.15, 0.2) is 67.3 Å². The molecule has 0 bridgehead atoms. The molecule has 0 heterocycles. The Morgan fingerprint density at radius 2 is 1.69 bits per heavy atom. The van der Waals surface area contributed by atoms with Gasteiger partial charge >= 0.3 is 0 Å². The van der Waals surface area contributed by atoms with Crippen molar-refractivity contribution in [1.29, 1.82) is 0 Å². The number of carbonyl (C=O) groups is 2. The van der Waals surface area contributed by atoms with Gasteiger partial charge in [0.15, 0.2) is 28.4 Å². The van der Waals surface area contributed by atoms with Crippen LogP contribution in [-0.2, 0) is 15.3 Å². The van der Waals surface area contributed by atoms with Gasteiger partial charge in [-0.1, -0.05) is 30.3 Å². The molecule has 1 aliphatic carbocycles. The molecule has 3 aromatic carbocycles. The second-order valence-electron chi connectivity index (χ2n) is 7.77. The van der Waals surface area contributed by atoms with Gasteiger partial charge in [0, 0.05) is 36.0 Å². The third kappa shape index (κ3) is 4.68. The summed E-state index contributed by atoms with van der Waals surface area (Å²) >= 11 is -1.37. The summed E-state index contributed by atoms with van der Waals surface area (Å²) in [6.07, 6.45) is 1.74. The van der Waals surface area contributed by atoms with Crippen molar-refractivity contribution in [3.63, 3.8) is 0 Å². The molecule has 9 heteroatoms. The third-order valence-corrected chi connectivity index (χ3v) is 6.56. The maximum absolute atomic E-state index is 13.1. The first-order chi connectivity index (χ1) is 16.8. The fourth-order valence-corrected chi connectivity index (χ4v) is 4.50. The first-order valence-corrected chi connectivity index (χ1v) is 12.0. The minimum atomic E-state index is -1.37. The molecule has 1 unspecified atom stereocenters. The van der Waals surface area contributed by atoms with Gasteiger partial charge in [-0.05, 0) is 24.3 Å². The molecule has 0 radical (unpaired) electrons. The maximum Gasteiger partial charge on any atom is 0.198 e. The Labute approximate surface area is 205 Å². The van der Waals surface area contributed by atoms with Gasteiger partial charge in [0.1, 0.15) is 11.5 Å². The van der Waals surface area contributed by atoms with E-state index >= 15 is 0 Å². The van der Waals surface area contributed by atoms with Gasteiger partial charge in [-0.25, -0.2) is 4.21 Å². The van der Waals surface area contributed by atoms with E-state index in [-0.39, 0.29) is 39.4 Å². The molecule has 3 aromatic rings. The summed E-state index contributed by atoms with van der Waals surface area (Å²) in [4.78, 5) is 28.0. The number of phenols is 1. The van der Waals surface area contributed by atoms with E-state index in [9.17, 15) is 18.9 Å². The van der Waals surface area contributed by atoms with Gasteiger partial charge in [0.05, 0.1) is 29.7 Å². The van der Waals surface area contributed by atoms with Gasteiger partial charge in [-0.3, -0.25) is 13.8 Å². The van der Waals surface area contributed by atoms with Crippen LogP contribution in [-0.4, -0.2) is 46.8 Å². The number of rotatable bonds is 9. The fraction of sp³-hybridized carbons (Fsp3) is 0.154. The Hall–Kier alpha value is -3.95. The Morgan fingerprint density at radius 1 is 1.06 bits per heavy atom. The van der Waals surface area contributed by atoms with Crippen molar-refractivity contribution in [2.24, 2.45) is 0 Å². The van der Waals surface area contributed by atoms with Crippen LogP contribution in [0.1, 0.15) is 31.8 Å². The van der Waals surface area contributed by atoms with Crippen LogP contribution in [0.25, 0.3) is 0 Å². The highest BCUT2D eigenvalue weighted by atomic mass is 32.2. The number of aromatic hydroxyl groups is 1. The quantitative estimate of drug-likeness (QED) is 0.205. The van der Waals surface area contributed by atoms with Gasteiger partial charge < -0.3 is 20.5 Å². The summed E-state index contributed by atoms with van der Waals surface area (Å²) in [5.41, 5.74) is 7.35. The predicted molar refractivity (Wildman–Crippen MR) is 135 cm³/mol. The van der Waals surface area contributed by atoms with Crippen LogP contribution in [0.3, 0.4) is 0 Å². The number of carbonyl (C=O) groups excluding carboxylic acids is 2. The number of anilines is 2. The van der Waals surface area contributed by atoms with Crippen LogP contribution in [0.4, 0.5) is 11.4 Å². The fourth-order valence-electron chi connectivity index (χ4n) is 3.96. The van der Waals surface area contributed by atoms with Gasteiger partial charge in [0.25, 0.3) is 0 Å². The lowest BCUT2D eigenvalue weighted by atomic mass is 9.82. The average Bonchev–Trinajstić information content (AvgIpc) is 2.87. The van der Waals surface area contributed by atoms with Gasteiger partial charge in [0.2, 0.25) is 0 Å². The number of hydrogen-bond donors (Lipinski definition) is 2. The molecule has 0 saturated heterocycles. The number of phenolic OH excluding ortho intramolecular Hbond substituents is 1. The van der Waals surface area contributed by atoms with Crippen LogP contribution in [0, 0.1) is 0 Å².